The summed E-state index contributed by atoms with van der Waals surface area (Å²) in [4.78, 5) is 0. The zero-order valence-electron chi connectivity index (χ0n) is 11.6. The summed E-state index contributed by atoms with van der Waals surface area (Å²) in [6, 6.07) is 8.41. The van der Waals surface area contributed by atoms with Crippen LogP contribution < -0.4 is 5.73 Å². The molecule has 19 heavy (non-hydrogen) atoms. The quantitative estimate of drug-likeness (QED) is 0.899. The SMILES string of the molecule is CCS(=O)(=O)CCCC1(N)CCc2ccccc2C1. The number of nitrogens with two attached hydrogens (primary N) is 1. The molecular weight excluding hydrogens is 258 g/mol. The van der Waals surface area contributed by atoms with Gasteiger partial charge in [-0.1, -0.05) is 31.2 Å². The van der Waals surface area contributed by atoms with Gasteiger partial charge in [0.25, 0.3) is 0 Å². The molecule has 2 rings (SSSR count). The molecule has 0 heterocycles. The van der Waals surface area contributed by atoms with Gasteiger partial charge in [-0.3, -0.25) is 0 Å². The van der Waals surface area contributed by atoms with E-state index in [1.807, 2.05) is 6.07 Å². The minimum absolute atomic E-state index is 0.225. The maximum atomic E-state index is 11.5. The Balaban J connectivity index is 1.95. The molecule has 106 valence electrons. The van der Waals surface area contributed by atoms with Gasteiger partial charge in [0.15, 0.2) is 0 Å². The van der Waals surface area contributed by atoms with Crippen molar-refractivity contribution in [2.24, 2.45) is 5.73 Å². The van der Waals surface area contributed by atoms with Gasteiger partial charge < -0.3 is 5.73 Å². The van der Waals surface area contributed by atoms with Crippen LogP contribution in [-0.2, 0) is 22.7 Å². The van der Waals surface area contributed by atoms with Crippen LogP contribution in [0.15, 0.2) is 24.3 Å². The molecule has 0 aromatic heterocycles. The molecule has 0 amide bonds. The second-order valence-electron chi connectivity index (χ2n) is 5.65. The number of hydrogen-bond acceptors (Lipinski definition) is 3. The Morgan fingerprint density at radius 2 is 1.95 bits per heavy atom. The van der Waals surface area contributed by atoms with E-state index in [1.54, 1.807) is 6.92 Å². The molecule has 0 spiro atoms. The molecule has 2 N–H and O–H groups in total. The Bertz CT molecular complexity index is 539. The molecule has 1 aliphatic rings. The van der Waals surface area contributed by atoms with Crippen LogP contribution in [0.3, 0.4) is 0 Å². The Hall–Kier alpha value is -0.870. The first-order valence-electron chi connectivity index (χ1n) is 7.00. The number of fused-ring (bicyclic) bond motifs is 1. The number of aryl methyl sites for hydroxylation is 1. The van der Waals surface area contributed by atoms with Gasteiger partial charge >= 0.3 is 0 Å². The highest BCUT2D eigenvalue weighted by Crippen LogP contribution is 2.30. The minimum atomic E-state index is -2.86. The minimum Gasteiger partial charge on any atom is -0.325 e. The van der Waals surface area contributed by atoms with Crippen LogP contribution in [0.5, 0.6) is 0 Å². The highest BCUT2D eigenvalue weighted by atomic mass is 32.2. The normalized spacial score (nSPS) is 23.1. The van der Waals surface area contributed by atoms with Crippen molar-refractivity contribution in [2.45, 2.75) is 44.6 Å². The molecule has 0 saturated heterocycles. The molecule has 0 radical (unpaired) electrons. The molecule has 0 fully saturated rings. The molecule has 0 saturated carbocycles. The summed E-state index contributed by atoms with van der Waals surface area (Å²) in [6.07, 6.45) is 4.30. The van der Waals surface area contributed by atoms with Gasteiger partial charge in [0, 0.05) is 11.3 Å². The van der Waals surface area contributed by atoms with Gasteiger partial charge in [0.1, 0.15) is 9.84 Å². The molecule has 1 atom stereocenters. The van der Waals surface area contributed by atoms with Crippen molar-refractivity contribution in [1.29, 1.82) is 0 Å². The van der Waals surface area contributed by atoms with E-state index in [2.05, 4.69) is 18.2 Å². The third-order valence-electron chi connectivity index (χ3n) is 4.12. The number of hydrogen-bond donors (Lipinski definition) is 1. The summed E-state index contributed by atoms with van der Waals surface area (Å²) in [5.41, 5.74) is 8.95. The van der Waals surface area contributed by atoms with Crippen LogP contribution in [0.2, 0.25) is 0 Å². The highest BCUT2D eigenvalue weighted by Gasteiger charge is 2.30. The van der Waals surface area contributed by atoms with E-state index >= 15 is 0 Å². The standard InChI is InChI=1S/C15H23NO2S/c1-2-19(17,18)11-5-9-15(16)10-8-13-6-3-4-7-14(13)12-15/h3-4,6-7H,2,5,8-12,16H2,1H3. The van der Waals surface area contributed by atoms with E-state index in [9.17, 15) is 8.42 Å². The van der Waals surface area contributed by atoms with Gasteiger partial charge in [-0.15, -0.1) is 0 Å². The van der Waals surface area contributed by atoms with E-state index in [1.165, 1.54) is 11.1 Å². The average Bonchev–Trinajstić information content (AvgIpc) is 2.38. The molecule has 3 nitrogen and oxygen atoms in total. The van der Waals surface area contributed by atoms with Crippen LogP contribution in [0.1, 0.15) is 37.3 Å². The van der Waals surface area contributed by atoms with Crippen LogP contribution in [0.25, 0.3) is 0 Å². The summed E-state index contributed by atoms with van der Waals surface area (Å²) >= 11 is 0. The fourth-order valence-corrected chi connectivity index (χ4v) is 3.70. The van der Waals surface area contributed by atoms with Crippen molar-refractivity contribution in [3.63, 3.8) is 0 Å². The van der Waals surface area contributed by atoms with E-state index in [0.717, 1.165) is 25.7 Å². The van der Waals surface area contributed by atoms with Gasteiger partial charge in [-0.05, 0) is 43.2 Å². The smallest absolute Gasteiger partial charge is 0.150 e. The fourth-order valence-electron chi connectivity index (χ4n) is 2.83. The molecule has 1 aliphatic carbocycles. The Kier molecular flexibility index (Phi) is 4.31. The zero-order valence-corrected chi connectivity index (χ0v) is 12.4. The lowest BCUT2D eigenvalue weighted by atomic mass is 9.76. The van der Waals surface area contributed by atoms with E-state index in [0.29, 0.717) is 6.42 Å². The number of benzene rings is 1. The van der Waals surface area contributed by atoms with E-state index in [4.69, 9.17) is 5.73 Å². The Morgan fingerprint density at radius 1 is 1.26 bits per heavy atom. The van der Waals surface area contributed by atoms with Crippen LogP contribution in [0, 0.1) is 0 Å². The van der Waals surface area contributed by atoms with E-state index in [-0.39, 0.29) is 17.0 Å². The lowest BCUT2D eigenvalue weighted by molar-refractivity contribution is 0.343. The number of rotatable bonds is 5. The lowest BCUT2D eigenvalue weighted by Gasteiger charge is -2.35. The maximum Gasteiger partial charge on any atom is 0.150 e. The first-order chi connectivity index (χ1) is 8.94. The molecule has 1 unspecified atom stereocenters. The summed E-state index contributed by atoms with van der Waals surface area (Å²) in [5.74, 6) is 0.498. The summed E-state index contributed by atoms with van der Waals surface area (Å²) < 4.78 is 23.0. The topological polar surface area (TPSA) is 60.2 Å². The summed E-state index contributed by atoms with van der Waals surface area (Å²) in [5, 5.41) is 0. The van der Waals surface area contributed by atoms with Crippen LogP contribution in [-0.4, -0.2) is 25.5 Å². The predicted molar refractivity (Wildman–Crippen MR) is 78.9 cm³/mol. The first-order valence-corrected chi connectivity index (χ1v) is 8.82. The van der Waals surface area contributed by atoms with Crippen molar-refractivity contribution < 1.29 is 8.42 Å². The van der Waals surface area contributed by atoms with Gasteiger partial charge in [-0.2, -0.15) is 0 Å². The van der Waals surface area contributed by atoms with E-state index < -0.39 is 9.84 Å². The second-order valence-corrected chi connectivity index (χ2v) is 8.12. The van der Waals surface area contributed by atoms with Crippen LogP contribution in [0.4, 0.5) is 0 Å². The molecule has 0 bridgehead atoms. The van der Waals surface area contributed by atoms with Crippen LogP contribution >= 0.6 is 0 Å². The fraction of sp³-hybridized carbons (Fsp3) is 0.600. The monoisotopic (exact) mass is 281 g/mol. The molecule has 1 aromatic carbocycles. The zero-order chi connectivity index (χ0) is 13.9. The van der Waals surface area contributed by atoms with Gasteiger partial charge in [0.2, 0.25) is 0 Å². The number of sulfone groups is 1. The predicted octanol–water partition coefficient (Wildman–Crippen LogP) is 2.09. The Labute approximate surface area is 116 Å². The third kappa shape index (κ3) is 3.80. The van der Waals surface area contributed by atoms with Gasteiger partial charge in [-0.25, -0.2) is 8.42 Å². The van der Waals surface area contributed by atoms with Crippen molar-refractivity contribution >= 4 is 9.84 Å². The van der Waals surface area contributed by atoms with Crippen molar-refractivity contribution in [2.75, 3.05) is 11.5 Å². The van der Waals surface area contributed by atoms with Crippen molar-refractivity contribution in [1.82, 2.24) is 0 Å². The lowest BCUT2D eigenvalue weighted by Crippen LogP contribution is -2.45. The third-order valence-corrected chi connectivity index (χ3v) is 5.91. The average molecular weight is 281 g/mol. The van der Waals surface area contributed by atoms with Crippen molar-refractivity contribution in [3.8, 4) is 0 Å². The molecule has 1 aromatic rings. The largest absolute Gasteiger partial charge is 0.325 e. The maximum absolute atomic E-state index is 11.5. The Morgan fingerprint density at radius 3 is 2.63 bits per heavy atom. The van der Waals surface area contributed by atoms with Crippen molar-refractivity contribution in [3.05, 3.63) is 35.4 Å². The highest BCUT2D eigenvalue weighted by molar-refractivity contribution is 7.91. The summed E-state index contributed by atoms with van der Waals surface area (Å²) in [6.45, 7) is 1.70. The molecular formula is C15H23NO2S. The second kappa shape index (κ2) is 5.63. The van der Waals surface area contributed by atoms with Gasteiger partial charge in [0.05, 0.1) is 5.75 Å². The summed E-state index contributed by atoms with van der Waals surface area (Å²) in [7, 11) is -2.86. The first kappa shape index (κ1) is 14.5. The molecule has 4 heteroatoms. The molecule has 0 aliphatic heterocycles.